The molecule has 1 N–H and O–H groups in total. The van der Waals surface area contributed by atoms with Crippen molar-refractivity contribution in [1.29, 1.82) is 0 Å². The minimum absolute atomic E-state index is 0.165. The molecule has 1 aromatic carbocycles. The molecule has 4 aliphatic carbocycles. The predicted molar refractivity (Wildman–Crippen MR) is 100.0 cm³/mol. The van der Waals surface area contributed by atoms with Gasteiger partial charge >= 0.3 is 0 Å². The molecule has 1 aromatic rings. The molecule has 2 nitrogen and oxygen atoms in total. The molecule has 0 radical (unpaired) electrons. The third-order valence-corrected chi connectivity index (χ3v) is 7.81. The van der Waals surface area contributed by atoms with Crippen LogP contribution in [-0.2, 0) is 4.79 Å². The van der Waals surface area contributed by atoms with Crippen LogP contribution in [0.4, 0.5) is 4.39 Å². The Labute approximate surface area is 154 Å². The zero-order chi connectivity index (χ0) is 17.4. The van der Waals surface area contributed by atoms with Crippen LogP contribution in [-0.4, -0.2) is 17.7 Å². The molecule has 0 heterocycles. The van der Waals surface area contributed by atoms with Crippen LogP contribution < -0.4 is 5.32 Å². The minimum atomic E-state index is -0.216. The Morgan fingerprint density at radius 2 is 1.72 bits per heavy atom. The second kappa shape index (κ2) is 6.94. The highest BCUT2D eigenvalue weighted by Crippen LogP contribution is 2.61. The molecule has 4 aliphatic rings. The van der Waals surface area contributed by atoms with Crippen molar-refractivity contribution in [3.05, 3.63) is 30.1 Å². The van der Waals surface area contributed by atoms with Crippen molar-refractivity contribution in [2.45, 2.75) is 62.8 Å². The number of carbonyl (C=O) groups excluding carboxylic acids is 1. The van der Waals surface area contributed by atoms with Crippen LogP contribution in [0.25, 0.3) is 0 Å². The number of nitrogens with one attached hydrogen (secondary N) is 1. The van der Waals surface area contributed by atoms with E-state index in [4.69, 9.17) is 0 Å². The summed E-state index contributed by atoms with van der Waals surface area (Å²) in [5.41, 5.74) is 0.370. The molecule has 25 heavy (non-hydrogen) atoms. The van der Waals surface area contributed by atoms with Crippen LogP contribution in [0.1, 0.15) is 51.9 Å². The standard InChI is InChI=1S/C21H28FNOS/c1-14(21-11-15-8-16(12-21)10-17(9-15)13-21)23-20(24)6-7-25-19-4-2-18(22)3-5-19/h2-5,14-17H,6-13H2,1H3,(H,23,24)/t14-,15?,16?,17?,21?/m1/s1. The van der Waals surface area contributed by atoms with Crippen molar-refractivity contribution >= 4 is 17.7 Å². The Hall–Kier alpha value is -1.03. The predicted octanol–water partition coefficient (Wildman–Crippen LogP) is 5.03. The van der Waals surface area contributed by atoms with Crippen molar-refractivity contribution in [1.82, 2.24) is 5.32 Å². The van der Waals surface area contributed by atoms with E-state index < -0.39 is 0 Å². The van der Waals surface area contributed by atoms with Crippen LogP contribution in [0.3, 0.4) is 0 Å². The molecule has 1 atom stereocenters. The SMILES string of the molecule is C[C@@H](NC(=O)CCSc1ccc(F)cc1)C12CC3CC(CC(C3)C1)C2. The molecule has 5 rings (SSSR count). The third-order valence-electron chi connectivity index (χ3n) is 6.79. The summed E-state index contributed by atoms with van der Waals surface area (Å²) in [5.74, 6) is 3.44. The second-order valence-corrected chi connectivity index (χ2v) is 9.79. The van der Waals surface area contributed by atoms with E-state index in [1.165, 1.54) is 50.7 Å². The summed E-state index contributed by atoms with van der Waals surface area (Å²) in [6, 6.07) is 6.78. The fourth-order valence-electron chi connectivity index (χ4n) is 5.97. The molecule has 4 saturated carbocycles. The Bertz CT molecular complexity index is 594. The van der Waals surface area contributed by atoms with Gasteiger partial charge in [0.2, 0.25) is 5.91 Å². The van der Waals surface area contributed by atoms with Crippen molar-refractivity contribution < 1.29 is 9.18 Å². The maximum absolute atomic E-state index is 12.9. The van der Waals surface area contributed by atoms with Gasteiger partial charge in [0.25, 0.3) is 0 Å². The van der Waals surface area contributed by atoms with Crippen molar-refractivity contribution in [2.75, 3.05) is 5.75 Å². The first kappa shape index (κ1) is 17.4. The first-order chi connectivity index (χ1) is 12.0. The van der Waals surface area contributed by atoms with Gasteiger partial charge in [-0.1, -0.05) is 0 Å². The lowest BCUT2D eigenvalue weighted by Gasteiger charge is -2.59. The monoisotopic (exact) mass is 361 g/mol. The van der Waals surface area contributed by atoms with Gasteiger partial charge in [-0.2, -0.15) is 0 Å². The van der Waals surface area contributed by atoms with Gasteiger partial charge in [0.15, 0.2) is 0 Å². The van der Waals surface area contributed by atoms with Gasteiger partial charge in [-0.15, -0.1) is 11.8 Å². The lowest BCUT2D eigenvalue weighted by Crippen LogP contribution is -2.55. The molecule has 0 aliphatic heterocycles. The summed E-state index contributed by atoms with van der Waals surface area (Å²) in [6.07, 6.45) is 8.82. The molecule has 0 saturated heterocycles. The first-order valence-corrected chi connectivity index (χ1v) is 10.7. The number of halogens is 1. The average Bonchev–Trinajstić information content (AvgIpc) is 2.55. The summed E-state index contributed by atoms with van der Waals surface area (Å²) in [5, 5.41) is 3.32. The quantitative estimate of drug-likeness (QED) is 0.720. The molecule has 0 spiro atoms. The maximum atomic E-state index is 12.9. The number of hydrogen-bond donors (Lipinski definition) is 1. The van der Waals surface area contributed by atoms with E-state index in [9.17, 15) is 9.18 Å². The first-order valence-electron chi connectivity index (χ1n) is 9.70. The van der Waals surface area contributed by atoms with Crippen molar-refractivity contribution in [3.8, 4) is 0 Å². The number of benzene rings is 1. The number of hydrogen-bond acceptors (Lipinski definition) is 2. The van der Waals surface area contributed by atoms with Crippen molar-refractivity contribution in [2.24, 2.45) is 23.2 Å². The van der Waals surface area contributed by atoms with E-state index in [0.29, 0.717) is 17.9 Å². The van der Waals surface area contributed by atoms with Crippen LogP contribution in [0.15, 0.2) is 29.2 Å². The number of thioether (sulfide) groups is 1. The summed E-state index contributed by atoms with van der Waals surface area (Å²) in [6.45, 7) is 2.23. The van der Waals surface area contributed by atoms with E-state index in [-0.39, 0.29) is 11.7 Å². The number of rotatable bonds is 6. The molecule has 0 unspecified atom stereocenters. The summed E-state index contributed by atoms with van der Waals surface area (Å²) in [7, 11) is 0. The summed E-state index contributed by atoms with van der Waals surface area (Å²) < 4.78 is 12.9. The smallest absolute Gasteiger partial charge is 0.221 e. The van der Waals surface area contributed by atoms with Crippen LogP contribution in [0.5, 0.6) is 0 Å². The lowest BCUT2D eigenvalue weighted by atomic mass is 9.48. The lowest BCUT2D eigenvalue weighted by molar-refractivity contribution is -0.125. The van der Waals surface area contributed by atoms with Gasteiger partial charge in [0, 0.05) is 23.1 Å². The van der Waals surface area contributed by atoms with E-state index in [1.807, 2.05) is 0 Å². The van der Waals surface area contributed by atoms with E-state index in [1.54, 1.807) is 23.9 Å². The minimum Gasteiger partial charge on any atom is -0.353 e. The zero-order valence-corrected chi connectivity index (χ0v) is 15.8. The Kier molecular flexibility index (Phi) is 4.83. The average molecular weight is 362 g/mol. The Morgan fingerprint density at radius 3 is 2.28 bits per heavy atom. The Balaban J connectivity index is 1.27. The van der Waals surface area contributed by atoms with Crippen LogP contribution in [0, 0.1) is 29.0 Å². The van der Waals surface area contributed by atoms with Gasteiger partial charge in [-0.05, 0) is 92.9 Å². The normalized spacial score (nSPS) is 34.1. The van der Waals surface area contributed by atoms with Crippen LogP contribution >= 0.6 is 11.8 Å². The van der Waals surface area contributed by atoms with Gasteiger partial charge in [0.05, 0.1) is 0 Å². The Morgan fingerprint density at radius 1 is 1.16 bits per heavy atom. The molecule has 0 aromatic heterocycles. The largest absolute Gasteiger partial charge is 0.353 e. The van der Waals surface area contributed by atoms with Gasteiger partial charge in [-0.25, -0.2) is 4.39 Å². The molecule has 136 valence electrons. The fourth-order valence-corrected chi connectivity index (χ4v) is 6.82. The van der Waals surface area contributed by atoms with Gasteiger partial charge < -0.3 is 5.32 Å². The molecular weight excluding hydrogens is 333 g/mol. The molecular formula is C21H28FNOS. The molecule has 4 fully saturated rings. The third kappa shape index (κ3) is 3.74. The number of amides is 1. The number of carbonyl (C=O) groups is 1. The fraction of sp³-hybridized carbons (Fsp3) is 0.667. The molecule has 1 amide bonds. The highest BCUT2D eigenvalue weighted by atomic mass is 32.2. The van der Waals surface area contributed by atoms with Gasteiger partial charge in [-0.3, -0.25) is 4.79 Å². The topological polar surface area (TPSA) is 29.1 Å². The van der Waals surface area contributed by atoms with Crippen LogP contribution in [0.2, 0.25) is 0 Å². The summed E-state index contributed by atoms with van der Waals surface area (Å²) in [4.78, 5) is 13.4. The van der Waals surface area contributed by atoms with E-state index >= 15 is 0 Å². The highest BCUT2D eigenvalue weighted by molar-refractivity contribution is 7.99. The molecule has 4 bridgehead atoms. The zero-order valence-electron chi connectivity index (χ0n) is 15.0. The summed E-state index contributed by atoms with van der Waals surface area (Å²) >= 11 is 1.62. The van der Waals surface area contributed by atoms with E-state index in [2.05, 4.69) is 12.2 Å². The van der Waals surface area contributed by atoms with Gasteiger partial charge in [0.1, 0.15) is 5.82 Å². The second-order valence-electron chi connectivity index (χ2n) is 8.62. The maximum Gasteiger partial charge on any atom is 0.221 e. The highest BCUT2D eigenvalue weighted by Gasteiger charge is 2.53. The van der Waals surface area contributed by atoms with E-state index in [0.717, 1.165) is 28.4 Å². The van der Waals surface area contributed by atoms with Crippen molar-refractivity contribution in [3.63, 3.8) is 0 Å². The molecule has 4 heteroatoms.